The summed E-state index contributed by atoms with van der Waals surface area (Å²) >= 11 is 0. The van der Waals surface area contributed by atoms with Crippen molar-refractivity contribution >= 4 is 47.8 Å². The van der Waals surface area contributed by atoms with Gasteiger partial charge >= 0.3 is 47.8 Å². The molecule has 20 unspecified atom stereocenters. The Labute approximate surface area is 569 Å². The molecule has 10 aliphatic heterocycles. The highest BCUT2D eigenvalue weighted by atomic mass is 16.6. The third kappa shape index (κ3) is 24.0. The first-order valence-electron chi connectivity index (χ1n) is 38.9. The minimum Gasteiger partial charge on any atom is -0.466 e. The van der Waals surface area contributed by atoms with Gasteiger partial charge < -0.3 is 42.6 Å². The predicted octanol–water partition coefficient (Wildman–Crippen LogP) is 16.9. The first-order valence-corrected chi connectivity index (χ1v) is 38.9. The van der Waals surface area contributed by atoms with E-state index in [4.69, 9.17) is 33.2 Å². The highest BCUT2D eigenvalue weighted by molar-refractivity contribution is 5.78. The van der Waals surface area contributed by atoms with Crippen molar-refractivity contribution in [1.82, 2.24) is 0 Å². The fourth-order valence-electron chi connectivity index (χ4n) is 16.4. The second-order valence-electron chi connectivity index (χ2n) is 26.6. The van der Waals surface area contributed by atoms with E-state index >= 15 is 0 Å². The number of hydrogen-bond donors (Lipinski definition) is 0. The van der Waals surface area contributed by atoms with Crippen LogP contribution in [0.3, 0.4) is 0 Å². The minimum absolute atomic E-state index is 0.0324. The van der Waals surface area contributed by atoms with Gasteiger partial charge in [0, 0.05) is 42.9 Å². The zero-order chi connectivity index (χ0) is 69.9. The van der Waals surface area contributed by atoms with Crippen LogP contribution in [0.4, 0.5) is 0 Å². The van der Waals surface area contributed by atoms with E-state index in [-0.39, 0.29) is 83.8 Å². The van der Waals surface area contributed by atoms with Crippen molar-refractivity contribution in [2.45, 2.75) is 334 Å². The molecular formula is C77H134O17. The third-order valence-electron chi connectivity index (χ3n) is 21.1. The normalized spacial score (nSPS) is 36.3. The molecule has 10 heterocycles. The van der Waals surface area contributed by atoms with Gasteiger partial charge in [0.25, 0.3) is 0 Å². The van der Waals surface area contributed by atoms with Gasteiger partial charge in [0.15, 0.2) is 0 Å². The zero-order valence-corrected chi connectivity index (χ0v) is 61.8. The summed E-state index contributed by atoms with van der Waals surface area (Å²) in [6.45, 7) is 35.4. The van der Waals surface area contributed by atoms with Crippen molar-refractivity contribution < 1.29 is 81.0 Å². The standard InChI is InChI=1S/2C9H12O2.C8H10O2.C8H12O2.C7H8O3.C7H10O2.C5H8O2.C4H6O2.2C4H10.6C2H6/c10-9-8-6-2-1-5(3-6)7(8)4-11-9;10-9-7-3-5-1-2-6(7)8(4-5)11-9;9-8-6-2-4-1-5(6)7(3-4)10-8;9-8-7-4-2-1-3-6(7)5-10-8;8-7-4-1-3-2-5(10-7)6(4)9-3;8-7-5-2-1-3-6(4-5)9-7;6-5-3-1-2-4-7-5;5-4-2-1-3-6-4;2*1-3-4-2;6*1-2/h2*5-8H,1-4H2;4-7H,1-3H2;6-7H,1-5H2;3-6H,1-2H2;5-6H,1-4H2;1-4H2;1-3H2;2*3-4H2,1-2H3;6*1-2H3. The molecule has 0 aromatic rings. The third-order valence-corrected chi connectivity index (χ3v) is 21.1. The van der Waals surface area contributed by atoms with E-state index in [1.165, 1.54) is 89.9 Å². The fraction of sp³-hybridized carbons (Fsp3) is 0.896. The summed E-state index contributed by atoms with van der Waals surface area (Å²) in [6.07, 6.45) is 34.3. The molecule has 12 bridgehead atoms. The number of hydrogen-bond acceptors (Lipinski definition) is 17. The van der Waals surface area contributed by atoms with Gasteiger partial charge in [0.05, 0.1) is 68.0 Å². The van der Waals surface area contributed by atoms with Crippen molar-refractivity contribution in [1.29, 1.82) is 0 Å². The van der Waals surface area contributed by atoms with E-state index in [1.54, 1.807) is 0 Å². The number of cyclic esters (lactones) is 4. The van der Waals surface area contributed by atoms with Crippen molar-refractivity contribution in [3.05, 3.63) is 0 Å². The number of rotatable bonds is 2. The van der Waals surface area contributed by atoms with Gasteiger partial charge in [0.1, 0.15) is 30.5 Å². The molecule has 19 rings (SSSR count). The van der Waals surface area contributed by atoms with Gasteiger partial charge in [-0.2, -0.15) is 0 Å². The molecule has 17 heteroatoms. The van der Waals surface area contributed by atoms with Gasteiger partial charge in [-0.1, -0.05) is 149 Å². The van der Waals surface area contributed by atoms with Gasteiger partial charge in [-0.15, -0.1) is 0 Å². The summed E-state index contributed by atoms with van der Waals surface area (Å²) in [7, 11) is 0. The van der Waals surface area contributed by atoms with Gasteiger partial charge in [-0.05, 0) is 152 Å². The van der Waals surface area contributed by atoms with Crippen LogP contribution >= 0.6 is 0 Å². The Morgan fingerprint density at radius 2 is 0.883 bits per heavy atom. The van der Waals surface area contributed by atoms with Crippen LogP contribution in [-0.2, 0) is 81.0 Å². The van der Waals surface area contributed by atoms with Crippen LogP contribution in [0.5, 0.6) is 0 Å². The Bertz CT molecular complexity index is 2130. The maximum atomic E-state index is 11.2. The van der Waals surface area contributed by atoms with Crippen molar-refractivity contribution in [2.75, 3.05) is 26.4 Å². The molecule has 20 atom stereocenters. The van der Waals surface area contributed by atoms with Crippen molar-refractivity contribution in [3.63, 3.8) is 0 Å². The molecule has 17 nitrogen and oxygen atoms in total. The van der Waals surface area contributed by atoms with Crippen LogP contribution in [0.2, 0.25) is 0 Å². The van der Waals surface area contributed by atoms with E-state index in [9.17, 15) is 38.4 Å². The second-order valence-corrected chi connectivity index (χ2v) is 26.6. The van der Waals surface area contributed by atoms with Crippen molar-refractivity contribution in [2.24, 2.45) is 82.9 Å². The first-order chi connectivity index (χ1) is 45.7. The smallest absolute Gasteiger partial charge is 0.312 e. The second kappa shape index (κ2) is 46.1. The summed E-state index contributed by atoms with van der Waals surface area (Å²) < 4.78 is 45.3. The average molecular weight is 1330 g/mol. The zero-order valence-electron chi connectivity index (χ0n) is 61.8. The lowest BCUT2D eigenvalue weighted by molar-refractivity contribution is -0.147. The Hall–Kier alpha value is -4.28. The Balaban J connectivity index is 0.000000271. The molecule has 0 aromatic carbocycles. The summed E-state index contributed by atoms with van der Waals surface area (Å²) in [6, 6.07) is 0. The first kappa shape index (κ1) is 83.9. The lowest BCUT2D eigenvalue weighted by Crippen LogP contribution is -2.36. The number of ether oxygens (including phenoxy) is 9. The molecular weight excluding hydrogens is 1200 g/mol. The SMILES string of the molecule is CC.CC.CC.CC.CC.CC.CCCC.CCCC.O=C1CCCCO1.O=C1CCCO1.O=C1OC2CC3CC1C2C3.O=C1OC2CC3CC1C2O3.O=C1OC2CC3CCC2C1C3.O=C1OC2CCCC1C2.O=C1OCC2C3CCC(C3)C12.O=C1OCC2CCCCC12. The molecule has 0 aromatic heterocycles. The van der Waals surface area contributed by atoms with Gasteiger partial charge in [0.2, 0.25) is 0 Å². The summed E-state index contributed by atoms with van der Waals surface area (Å²) in [5, 5.41) is 0. The van der Waals surface area contributed by atoms with E-state index in [0.29, 0.717) is 98.3 Å². The monoisotopic (exact) mass is 1330 g/mol. The maximum Gasteiger partial charge on any atom is 0.312 e. The molecule has 19 aliphatic rings. The predicted molar refractivity (Wildman–Crippen MR) is 366 cm³/mol. The van der Waals surface area contributed by atoms with E-state index < -0.39 is 0 Å². The van der Waals surface area contributed by atoms with E-state index in [2.05, 4.69) is 37.2 Å². The largest absolute Gasteiger partial charge is 0.466 e. The van der Waals surface area contributed by atoms with Crippen LogP contribution in [0, 0.1) is 82.9 Å². The molecule has 9 saturated carbocycles. The molecule has 19 fully saturated rings. The highest BCUT2D eigenvalue weighted by Gasteiger charge is 2.59. The van der Waals surface area contributed by atoms with E-state index in [1.807, 2.05) is 83.1 Å². The summed E-state index contributed by atoms with van der Waals surface area (Å²) in [4.78, 5) is 86.6. The van der Waals surface area contributed by atoms with Crippen LogP contribution in [0.15, 0.2) is 0 Å². The lowest BCUT2D eigenvalue weighted by Gasteiger charge is -2.38. The number of carbonyl (C=O) groups excluding carboxylic acids is 8. The molecule has 0 amide bonds. The van der Waals surface area contributed by atoms with E-state index in [0.717, 1.165) is 108 Å². The molecule has 10 saturated heterocycles. The molecule has 9 aliphatic carbocycles. The topological polar surface area (TPSA) is 220 Å². The number of carbonyl (C=O) groups is 8. The number of unbranched alkanes of at least 4 members (excludes halogenated alkanes) is 2. The van der Waals surface area contributed by atoms with Crippen LogP contribution in [-0.4, -0.2) is 111 Å². The van der Waals surface area contributed by atoms with Crippen LogP contribution < -0.4 is 0 Å². The molecule has 0 N–H and O–H groups in total. The lowest BCUT2D eigenvalue weighted by atomic mass is 9.65. The molecule has 94 heavy (non-hydrogen) atoms. The molecule has 0 radical (unpaired) electrons. The van der Waals surface area contributed by atoms with Gasteiger partial charge in [-0.3, -0.25) is 38.4 Å². The fourth-order valence-corrected chi connectivity index (χ4v) is 16.4. The molecule has 544 valence electrons. The minimum atomic E-state index is -0.0463. The van der Waals surface area contributed by atoms with Crippen LogP contribution in [0.1, 0.15) is 297 Å². The van der Waals surface area contributed by atoms with Crippen molar-refractivity contribution in [3.8, 4) is 0 Å². The maximum absolute atomic E-state index is 11.2. The Morgan fingerprint density at radius 3 is 1.34 bits per heavy atom. The summed E-state index contributed by atoms with van der Waals surface area (Å²) in [5.74, 6) is 7.40. The Morgan fingerprint density at radius 1 is 0.330 bits per heavy atom. The van der Waals surface area contributed by atoms with Crippen LogP contribution in [0.25, 0.3) is 0 Å². The molecule has 0 spiro atoms. The summed E-state index contributed by atoms with van der Waals surface area (Å²) in [5.41, 5.74) is 0. The number of fused-ring (bicyclic) bond motifs is 11. The highest BCUT2D eigenvalue weighted by Crippen LogP contribution is 2.56. The quantitative estimate of drug-likeness (QED) is 0.185. The average Bonchev–Trinajstić information content (AvgIpc) is 1.76. The number of esters is 8. The Kier molecular flexibility index (Phi) is 41.2. The van der Waals surface area contributed by atoms with Gasteiger partial charge in [-0.25, -0.2) is 0 Å².